The first-order valence-corrected chi connectivity index (χ1v) is 6.28. The van der Waals surface area contributed by atoms with E-state index in [4.69, 9.17) is 21.1 Å². The fourth-order valence-electron chi connectivity index (χ4n) is 1.68. The largest absolute Gasteiger partial charge is 0.494 e. The van der Waals surface area contributed by atoms with Crippen LogP contribution in [0.1, 0.15) is 11.8 Å². The summed E-state index contributed by atoms with van der Waals surface area (Å²) in [6.45, 7) is 3.03. The van der Waals surface area contributed by atoms with Crippen LogP contribution in [-0.2, 0) is 4.79 Å². The first-order valence-electron chi connectivity index (χ1n) is 5.09. The maximum absolute atomic E-state index is 14.1. The minimum Gasteiger partial charge on any atom is -0.494 e. The monoisotopic (exact) mass is 288 g/mol. The summed E-state index contributed by atoms with van der Waals surface area (Å²) in [5.41, 5.74) is 0. The molecule has 0 saturated carbocycles. The Morgan fingerprint density at radius 2 is 2.17 bits per heavy atom. The van der Waals surface area contributed by atoms with Crippen molar-refractivity contribution in [3.63, 3.8) is 0 Å². The number of rotatable bonds is 2. The number of hydrogen-bond donors (Lipinski definition) is 0. The van der Waals surface area contributed by atoms with Crippen LogP contribution < -0.4 is 9.47 Å². The lowest BCUT2D eigenvalue weighted by Crippen LogP contribution is -2.01. The highest BCUT2D eigenvalue weighted by atomic mass is 35.5. The summed E-state index contributed by atoms with van der Waals surface area (Å²) in [5.74, 6) is -0.578. The third kappa shape index (κ3) is 2.04. The molecule has 0 N–H and O–H groups in total. The summed E-state index contributed by atoms with van der Waals surface area (Å²) >= 11 is 7.26. The molecule has 0 fully saturated rings. The van der Waals surface area contributed by atoms with Crippen LogP contribution >= 0.6 is 22.9 Å². The van der Waals surface area contributed by atoms with Crippen LogP contribution in [0.3, 0.4) is 0 Å². The molecule has 1 heterocycles. The number of esters is 1. The van der Waals surface area contributed by atoms with E-state index in [0.717, 1.165) is 0 Å². The Labute approximate surface area is 112 Å². The van der Waals surface area contributed by atoms with Gasteiger partial charge in [0.2, 0.25) is 0 Å². The highest BCUT2D eigenvalue weighted by Gasteiger charge is 2.21. The van der Waals surface area contributed by atoms with Crippen molar-refractivity contribution < 1.29 is 18.7 Å². The van der Waals surface area contributed by atoms with Gasteiger partial charge in [0.1, 0.15) is 0 Å². The zero-order valence-corrected chi connectivity index (χ0v) is 11.5. The molecule has 0 aliphatic heterocycles. The molecule has 0 atom stereocenters. The molecule has 0 spiro atoms. The van der Waals surface area contributed by atoms with E-state index in [9.17, 15) is 9.18 Å². The number of ether oxygens (including phenoxy) is 2. The van der Waals surface area contributed by atoms with E-state index in [2.05, 4.69) is 0 Å². The molecular weight excluding hydrogens is 279 g/mol. The molecule has 6 heteroatoms. The molecule has 2 rings (SSSR count). The van der Waals surface area contributed by atoms with Gasteiger partial charge in [0.25, 0.3) is 0 Å². The molecule has 0 bridgehead atoms. The molecule has 0 radical (unpaired) electrons. The average molecular weight is 289 g/mol. The number of methoxy groups -OCH3 is 1. The lowest BCUT2D eigenvalue weighted by atomic mass is 10.2. The van der Waals surface area contributed by atoms with Gasteiger partial charge < -0.3 is 9.47 Å². The van der Waals surface area contributed by atoms with Gasteiger partial charge in [0, 0.05) is 17.9 Å². The Kier molecular flexibility index (Phi) is 3.45. The third-order valence-corrected chi connectivity index (χ3v) is 3.78. The Morgan fingerprint density at radius 1 is 1.50 bits per heavy atom. The van der Waals surface area contributed by atoms with E-state index in [0.29, 0.717) is 25.7 Å². The molecular formula is C12H10ClFO3S. The first-order chi connectivity index (χ1) is 8.45. The van der Waals surface area contributed by atoms with Crippen molar-refractivity contribution in [2.24, 2.45) is 0 Å². The quantitative estimate of drug-likeness (QED) is 0.785. The highest BCUT2D eigenvalue weighted by molar-refractivity contribution is 7.19. The number of fused-ring (bicyclic) bond motifs is 1. The van der Waals surface area contributed by atoms with Gasteiger partial charge in [-0.1, -0.05) is 11.6 Å². The second-order valence-corrected chi connectivity index (χ2v) is 5.29. The molecule has 18 heavy (non-hydrogen) atoms. The third-order valence-electron chi connectivity index (χ3n) is 2.41. The summed E-state index contributed by atoms with van der Waals surface area (Å²) in [4.78, 5) is 11.7. The summed E-state index contributed by atoms with van der Waals surface area (Å²) in [6.07, 6.45) is 0. The maximum atomic E-state index is 14.1. The standard InChI is InChI=1S/C12H10ClFO3S/c1-5-11(17-6(2)15)9-7(13)4-8(16-3)10(14)12(9)18-5/h4H,1-3H3. The normalized spacial score (nSPS) is 10.7. The zero-order valence-electron chi connectivity index (χ0n) is 9.97. The van der Waals surface area contributed by atoms with Gasteiger partial charge in [-0.3, -0.25) is 4.79 Å². The summed E-state index contributed by atoms with van der Waals surface area (Å²) < 4.78 is 24.4. The van der Waals surface area contributed by atoms with Crippen LogP contribution in [0.4, 0.5) is 4.39 Å². The number of halogens is 2. The van der Waals surface area contributed by atoms with E-state index >= 15 is 0 Å². The molecule has 96 valence electrons. The molecule has 1 aromatic carbocycles. The molecule has 3 nitrogen and oxygen atoms in total. The first kappa shape index (κ1) is 13.1. The number of thiophene rings is 1. The van der Waals surface area contributed by atoms with E-state index < -0.39 is 11.8 Å². The van der Waals surface area contributed by atoms with Gasteiger partial charge in [0.05, 0.1) is 22.2 Å². The highest BCUT2D eigenvalue weighted by Crippen LogP contribution is 2.45. The maximum Gasteiger partial charge on any atom is 0.308 e. The topological polar surface area (TPSA) is 35.5 Å². The van der Waals surface area contributed by atoms with Crippen molar-refractivity contribution in [1.82, 2.24) is 0 Å². The predicted molar refractivity (Wildman–Crippen MR) is 69.4 cm³/mol. The van der Waals surface area contributed by atoms with Crippen LogP contribution in [0.25, 0.3) is 10.1 Å². The second-order valence-electron chi connectivity index (χ2n) is 3.66. The average Bonchev–Trinajstić information content (AvgIpc) is 2.61. The number of aryl methyl sites for hydroxylation is 1. The van der Waals surface area contributed by atoms with Crippen molar-refractivity contribution in [3.05, 3.63) is 21.8 Å². The second kappa shape index (κ2) is 4.74. The van der Waals surface area contributed by atoms with E-state index in [1.54, 1.807) is 6.92 Å². The molecule has 0 unspecified atom stereocenters. The van der Waals surface area contributed by atoms with Crippen molar-refractivity contribution in [1.29, 1.82) is 0 Å². The molecule has 0 saturated heterocycles. The van der Waals surface area contributed by atoms with Crippen LogP contribution in [-0.4, -0.2) is 13.1 Å². The van der Waals surface area contributed by atoms with Gasteiger partial charge in [0.15, 0.2) is 17.3 Å². The van der Waals surface area contributed by atoms with Gasteiger partial charge in [-0.05, 0) is 6.92 Å². The lowest BCUT2D eigenvalue weighted by Gasteiger charge is -2.06. The van der Waals surface area contributed by atoms with Gasteiger partial charge >= 0.3 is 5.97 Å². The Hall–Kier alpha value is -1.33. The molecule has 1 aromatic heterocycles. The Morgan fingerprint density at radius 3 is 2.72 bits per heavy atom. The number of carbonyl (C=O) groups excluding carboxylic acids is 1. The zero-order chi connectivity index (χ0) is 13.4. The van der Waals surface area contributed by atoms with E-state index in [1.165, 1.54) is 31.4 Å². The van der Waals surface area contributed by atoms with Crippen molar-refractivity contribution in [2.75, 3.05) is 7.11 Å². The molecule has 2 aromatic rings. The SMILES string of the molecule is COc1cc(Cl)c2c(OC(C)=O)c(C)sc2c1F. The van der Waals surface area contributed by atoms with E-state index in [-0.39, 0.29) is 5.75 Å². The van der Waals surface area contributed by atoms with Crippen molar-refractivity contribution in [2.45, 2.75) is 13.8 Å². The van der Waals surface area contributed by atoms with Crippen LogP contribution in [0, 0.1) is 12.7 Å². The molecule has 0 aliphatic carbocycles. The fourth-order valence-corrected chi connectivity index (χ4v) is 3.05. The lowest BCUT2D eigenvalue weighted by molar-refractivity contribution is -0.131. The smallest absolute Gasteiger partial charge is 0.308 e. The molecule has 0 amide bonds. The van der Waals surface area contributed by atoms with Crippen LogP contribution in [0.15, 0.2) is 6.07 Å². The van der Waals surface area contributed by atoms with Crippen LogP contribution in [0.5, 0.6) is 11.5 Å². The van der Waals surface area contributed by atoms with Gasteiger partial charge in [-0.2, -0.15) is 0 Å². The fraction of sp³-hybridized carbons (Fsp3) is 0.250. The predicted octanol–water partition coefficient (Wildman–Crippen LogP) is 3.94. The Bertz CT molecular complexity index is 636. The number of benzene rings is 1. The summed E-state index contributed by atoms with van der Waals surface area (Å²) in [7, 11) is 1.37. The van der Waals surface area contributed by atoms with E-state index in [1.807, 2.05) is 0 Å². The van der Waals surface area contributed by atoms with Crippen molar-refractivity contribution in [3.8, 4) is 11.5 Å². The minimum absolute atomic E-state index is 0.0723. The van der Waals surface area contributed by atoms with Gasteiger partial charge in [-0.25, -0.2) is 4.39 Å². The summed E-state index contributed by atoms with van der Waals surface area (Å²) in [5, 5.41) is 0.705. The number of carbonyl (C=O) groups is 1. The summed E-state index contributed by atoms with van der Waals surface area (Å²) in [6, 6.07) is 1.37. The van der Waals surface area contributed by atoms with Gasteiger partial charge in [-0.15, -0.1) is 11.3 Å². The number of hydrogen-bond acceptors (Lipinski definition) is 4. The van der Waals surface area contributed by atoms with Crippen LogP contribution in [0.2, 0.25) is 5.02 Å². The Balaban J connectivity index is 2.79. The minimum atomic E-state index is -0.497. The molecule has 0 aliphatic rings. The van der Waals surface area contributed by atoms with Crippen molar-refractivity contribution >= 4 is 39.0 Å².